The molecule has 168 valence electrons. The molecule has 7 heteroatoms. The van der Waals surface area contributed by atoms with Gasteiger partial charge in [0.2, 0.25) is 10.0 Å². The molecule has 2 heterocycles. The van der Waals surface area contributed by atoms with Crippen LogP contribution < -0.4 is 5.32 Å². The van der Waals surface area contributed by atoms with Crippen molar-refractivity contribution in [2.75, 3.05) is 13.1 Å². The molecule has 1 aliphatic heterocycles. The van der Waals surface area contributed by atoms with E-state index in [1.807, 2.05) is 49.4 Å². The van der Waals surface area contributed by atoms with Gasteiger partial charge in [-0.2, -0.15) is 4.31 Å². The smallest absolute Gasteiger partial charge is 0.252 e. The van der Waals surface area contributed by atoms with Crippen LogP contribution in [-0.4, -0.2) is 42.7 Å². The summed E-state index contributed by atoms with van der Waals surface area (Å²) in [5.74, 6) is 0.0757. The van der Waals surface area contributed by atoms with Gasteiger partial charge in [0.1, 0.15) is 0 Å². The van der Waals surface area contributed by atoms with E-state index in [2.05, 4.69) is 24.1 Å². The Bertz CT molecular complexity index is 1230. The molecule has 1 aliphatic rings. The molecular formula is C25H29N3O3S. The van der Waals surface area contributed by atoms with Crippen molar-refractivity contribution in [2.24, 2.45) is 0 Å². The Morgan fingerprint density at radius 3 is 2.38 bits per heavy atom. The van der Waals surface area contributed by atoms with Crippen molar-refractivity contribution >= 4 is 26.8 Å². The van der Waals surface area contributed by atoms with Crippen LogP contribution in [0.25, 0.3) is 10.9 Å². The predicted octanol–water partition coefficient (Wildman–Crippen LogP) is 4.25. The minimum atomic E-state index is -3.51. The number of carbonyl (C=O) groups is 1. The number of rotatable bonds is 5. The number of nitrogens with zero attached hydrogens (tertiary/aromatic N) is 2. The normalized spacial score (nSPS) is 15.9. The molecule has 0 radical (unpaired) electrons. The number of benzene rings is 2. The lowest BCUT2D eigenvalue weighted by Crippen LogP contribution is -2.46. The van der Waals surface area contributed by atoms with Gasteiger partial charge in [0.05, 0.1) is 16.0 Å². The molecule has 0 saturated carbocycles. The standard InChI is InChI=1S/C25H29N3O3S/c1-17(2)24-16-22(21-6-4-5-7-23(21)27-24)25(29)26-19-12-14-28(15-13-19)32(30,31)20-10-8-18(3)9-11-20/h4-11,16-17,19H,12-15H2,1-3H3,(H,26,29). The number of pyridine rings is 1. The van der Waals surface area contributed by atoms with Crippen LogP contribution in [0.5, 0.6) is 0 Å². The summed E-state index contributed by atoms with van der Waals surface area (Å²) >= 11 is 0. The second-order valence-corrected chi connectivity index (χ2v) is 10.7. The Morgan fingerprint density at radius 2 is 1.72 bits per heavy atom. The summed E-state index contributed by atoms with van der Waals surface area (Å²) in [4.78, 5) is 18.2. The van der Waals surface area contributed by atoms with Crippen LogP contribution in [0.1, 0.15) is 54.2 Å². The minimum Gasteiger partial charge on any atom is -0.349 e. The maximum Gasteiger partial charge on any atom is 0.252 e. The number of aryl methyl sites for hydroxylation is 1. The van der Waals surface area contributed by atoms with Crippen LogP contribution in [0.3, 0.4) is 0 Å². The molecule has 32 heavy (non-hydrogen) atoms. The molecule has 4 rings (SSSR count). The fourth-order valence-corrected chi connectivity index (χ4v) is 5.51. The van der Waals surface area contributed by atoms with Crippen molar-refractivity contribution in [3.8, 4) is 0 Å². The van der Waals surface area contributed by atoms with Gasteiger partial charge in [-0.3, -0.25) is 9.78 Å². The third kappa shape index (κ3) is 4.54. The summed E-state index contributed by atoms with van der Waals surface area (Å²) in [7, 11) is -3.51. The van der Waals surface area contributed by atoms with Crippen LogP contribution in [0.2, 0.25) is 0 Å². The first kappa shape index (κ1) is 22.4. The van der Waals surface area contributed by atoms with Crippen molar-refractivity contribution in [1.82, 2.24) is 14.6 Å². The zero-order valence-electron chi connectivity index (χ0n) is 18.7. The fourth-order valence-electron chi connectivity index (χ4n) is 4.04. The summed E-state index contributed by atoms with van der Waals surface area (Å²) in [6, 6.07) is 16.4. The molecule has 1 amide bonds. The number of aromatic nitrogens is 1. The Balaban J connectivity index is 1.47. The molecule has 0 bridgehead atoms. The monoisotopic (exact) mass is 451 g/mol. The van der Waals surface area contributed by atoms with Gasteiger partial charge >= 0.3 is 0 Å². The van der Waals surface area contributed by atoms with Crippen LogP contribution in [-0.2, 0) is 10.0 Å². The number of piperidine rings is 1. The number of sulfonamides is 1. The summed E-state index contributed by atoms with van der Waals surface area (Å²) in [5.41, 5.74) is 3.33. The van der Waals surface area contributed by atoms with Crippen LogP contribution in [0, 0.1) is 6.92 Å². The largest absolute Gasteiger partial charge is 0.349 e. The van der Waals surface area contributed by atoms with Gasteiger partial charge in [-0.1, -0.05) is 49.7 Å². The first-order valence-electron chi connectivity index (χ1n) is 11.0. The highest BCUT2D eigenvalue weighted by molar-refractivity contribution is 7.89. The molecule has 0 spiro atoms. The Morgan fingerprint density at radius 1 is 1.06 bits per heavy atom. The molecule has 1 saturated heterocycles. The van der Waals surface area contributed by atoms with Crippen molar-refractivity contribution < 1.29 is 13.2 Å². The van der Waals surface area contributed by atoms with E-state index >= 15 is 0 Å². The third-order valence-corrected chi connectivity index (χ3v) is 7.93. The minimum absolute atomic E-state index is 0.0682. The van der Waals surface area contributed by atoms with E-state index < -0.39 is 10.0 Å². The molecule has 1 N–H and O–H groups in total. The lowest BCUT2D eigenvalue weighted by Gasteiger charge is -2.31. The van der Waals surface area contributed by atoms with E-state index in [1.54, 1.807) is 12.1 Å². The fraction of sp³-hybridized carbons (Fsp3) is 0.360. The van der Waals surface area contributed by atoms with Crippen LogP contribution >= 0.6 is 0 Å². The van der Waals surface area contributed by atoms with Crippen LogP contribution in [0.15, 0.2) is 59.5 Å². The van der Waals surface area contributed by atoms with Gasteiger partial charge in [0, 0.05) is 30.2 Å². The SMILES string of the molecule is Cc1ccc(S(=O)(=O)N2CCC(NC(=O)c3cc(C(C)C)nc4ccccc34)CC2)cc1. The molecule has 3 aromatic rings. The molecule has 0 unspecified atom stereocenters. The van der Waals surface area contributed by atoms with Crippen molar-refractivity contribution in [3.63, 3.8) is 0 Å². The Hall–Kier alpha value is -2.77. The van der Waals surface area contributed by atoms with E-state index in [-0.39, 0.29) is 17.9 Å². The number of carbonyl (C=O) groups excluding carboxylic acids is 1. The van der Waals surface area contributed by atoms with Gasteiger partial charge in [0.15, 0.2) is 0 Å². The van der Waals surface area contributed by atoms with Gasteiger partial charge < -0.3 is 5.32 Å². The summed E-state index contributed by atoms with van der Waals surface area (Å²) in [6.07, 6.45) is 1.16. The second-order valence-electron chi connectivity index (χ2n) is 8.73. The lowest BCUT2D eigenvalue weighted by molar-refractivity contribution is 0.0925. The second kappa shape index (κ2) is 9.00. The zero-order valence-corrected chi connectivity index (χ0v) is 19.5. The predicted molar refractivity (Wildman–Crippen MR) is 126 cm³/mol. The van der Waals surface area contributed by atoms with E-state index in [9.17, 15) is 13.2 Å². The molecule has 0 aliphatic carbocycles. The first-order chi connectivity index (χ1) is 15.3. The van der Waals surface area contributed by atoms with Gasteiger partial charge in [-0.25, -0.2) is 8.42 Å². The van der Waals surface area contributed by atoms with E-state index in [0.29, 0.717) is 36.4 Å². The molecular weight excluding hydrogens is 422 g/mol. The number of hydrogen-bond donors (Lipinski definition) is 1. The molecule has 6 nitrogen and oxygen atoms in total. The van der Waals surface area contributed by atoms with Crippen LogP contribution in [0.4, 0.5) is 0 Å². The van der Waals surface area contributed by atoms with Gasteiger partial charge in [0.25, 0.3) is 5.91 Å². The topological polar surface area (TPSA) is 79.4 Å². The molecule has 1 aromatic heterocycles. The number of fused-ring (bicyclic) bond motifs is 1. The van der Waals surface area contributed by atoms with Crippen molar-refractivity contribution in [2.45, 2.75) is 50.5 Å². The average Bonchev–Trinajstić information content (AvgIpc) is 2.79. The Labute approximate surface area is 189 Å². The lowest BCUT2D eigenvalue weighted by atomic mass is 10.0. The van der Waals surface area contributed by atoms with E-state index in [1.165, 1.54) is 4.31 Å². The van der Waals surface area contributed by atoms with Gasteiger partial charge in [-0.05, 0) is 49.9 Å². The number of nitrogens with one attached hydrogen (secondary N) is 1. The highest BCUT2D eigenvalue weighted by Gasteiger charge is 2.30. The average molecular weight is 452 g/mol. The van der Waals surface area contributed by atoms with Gasteiger partial charge in [-0.15, -0.1) is 0 Å². The molecule has 1 fully saturated rings. The molecule has 0 atom stereocenters. The number of hydrogen-bond acceptors (Lipinski definition) is 4. The third-order valence-electron chi connectivity index (χ3n) is 6.02. The number of amides is 1. The van der Waals surface area contributed by atoms with Crippen molar-refractivity contribution in [1.29, 1.82) is 0 Å². The quantitative estimate of drug-likeness (QED) is 0.629. The summed E-state index contributed by atoms with van der Waals surface area (Å²) in [6.45, 7) is 6.82. The number of para-hydroxylation sites is 1. The summed E-state index contributed by atoms with van der Waals surface area (Å²) < 4.78 is 27.4. The summed E-state index contributed by atoms with van der Waals surface area (Å²) in [5, 5.41) is 3.95. The zero-order chi connectivity index (χ0) is 22.9. The van der Waals surface area contributed by atoms with E-state index in [4.69, 9.17) is 0 Å². The molecule has 2 aromatic carbocycles. The first-order valence-corrected chi connectivity index (χ1v) is 12.5. The maximum absolute atomic E-state index is 13.2. The maximum atomic E-state index is 13.2. The Kier molecular flexibility index (Phi) is 6.31. The van der Waals surface area contributed by atoms with E-state index in [0.717, 1.165) is 22.2 Å². The highest BCUT2D eigenvalue weighted by atomic mass is 32.2. The highest BCUT2D eigenvalue weighted by Crippen LogP contribution is 2.24. The van der Waals surface area contributed by atoms with Crippen molar-refractivity contribution in [3.05, 3.63) is 71.4 Å².